The maximum absolute atomic E-state index is 10.9. The summed E-state index contributed by atoms with van der Waals surface area (Å²) in [4.78, 5) is 12.9. The van der Waals surface area contributed by atoms with E-state index in [0.717, 1.165) is 6.54 Å². The molecule has 0 aromatic heterocycles. The van der Waals surface area contributed by atoms with Crippen LogP contribution in [0.4, 0.5) is 0 Å². The summed E-state index contributed by atoms with van der Waals surface area (Å²) >= 11 is 0. The van der Waals surface area contributed by atoms with E-state index < -0.39 is 0 Å². The molecule has 2 atom stereocenters. The van der Waals surface area contributed by atoms with Crippen LogP contribution in [-0.2, 0) is 4.79 Å². The molecule has 0 N–H and O–H groups in total. The van der Waals surface area contributed by atoms with Gasteiger partial charge in [-0.25, -0.2) is 0 Å². The fourth-order valence-electron chi connectivity index (χ4n) is 1.87. The minimum Gasteiger partial charge on any atom is -0.336 e. The Balaban J connectivity index is 2.16. The average Bonchev–Trinajstić information content (AvgIpc) is 2.44. The van der Waals surface area contributed by atoms with Gasteiger partial charge < -0.3 is 4.90 Å². The molecule has 2 bridgehead atoms. The van der Waals surface area contributed by atoms with Crippen molar-refractivity contribution in [1.29, 1.82) is 0 Å². The van der Waals surface area contributed by atoms with Gasteiger partial charge in [0.2, 0.25) is 5.91 Å². The third-order valence-electron chi connectivity index (χ3n) is 2.39. The Morgan fingerprint density at radius 3 is 2.70 bits per heavy atom. The van der Waals surface area contributed by atoms with E-state index in [1.54, 1.807) is 6.92 Å². The van der Waals surface area contributed by atoms with Gasteiger partial charge in [0.25, 0.3) is 0 Å². The molecule has 1 fully saturated rings. The Bertz CT molecular complexity index is 197. The molecule has 2 aliphatic rings. The second kappa shape index (κ2) is 1.84. The third kappa shape index (κ3) is 0.681. The first-order valence-electron chi connectivity index (χ1n) is 3.73. The molecule has 1 aliphatic carbocycles. The first-order chi connectivity index (χ1) is 4.77. The van der Waals surface area contributed by atoms with Crippen LogP contribution in [0.1, 0.15) is 13.3 Å². The van der Waals surface area contributed by atoms with Crippen LogP contribution in [0, 0.1) is 5.92 Å². The molecule has 0 aromatic carbocycles. The van der Waals surface area contributed by atoms with Gasteiger partial charge in [0, 0.05) is 13.5 Å². The van der Waals surface area contributed by atoms with E-state index in [-0.39, 0.29) is 5.91 Å². The maximum Gasteiger partial charge on any atom is 0.219 e. The molecular weight excluding hydrogens is 126 g/mol. The average molecular weight is 137 g/mol. The summed E-state index contributed by atoms with van der Waals surface area (Å²) in [6, 6.07) is 0.433. The number of nitrogens with zero attached hydrogens (tertiary/aromatic N) is 1. The zero-order chi connectivity index (χ0) is 7.14. The normalized spacial score (nSPS) is 35.5. The lowest BCUT2D eigenvalue weighted by atomic mass is 10.2. The van der Waals surface area contributed by atoms with E-state index in [1.165, 1.54) is 6.42 Å². The number of carbonyl (C=O) groups is 1. The highest BCUT2D eigenvalue weighted by molar-refractivity contribution is 5.74. The van der Waals surface area contributed by atoms with Crippen molar-refractivity contribution in [3.8, 4) is 0 Å². The Kier molecular flexibility index (Phi) is 1.10. The van der Waals surface area contributed by atoms with Crippen molar-refractivity contribution in [2.24, 2.45) is 5.92 Å². The van der Waals surface area contributed by atoms with Gasteiger partial charge in [-0.1, -0.05) is 12.2 Å². The van der Waals surface area contributed by atoms with Crippen molar-refractivity contribution in [3.63, 3.8) is 0 Å². The van der Waals surface area contributed by atoms with Crippen LogP contribution >= 0.6 is 0 Å². The highest BCUT2D eigenvalue weighted by atomic mass is 16.2. The lowest BCUT2D eigenvalue weighted by Crippen LogP contribution is -2.33. The minimum atomic E-state index is 0.219. The maximum atomic E-state index is 10.9. The van der Waals surface area contributed by atoms with Crippen LogP contribution in [0.2, 0.25) is 0 Å². The van der Waals surface area contributed by atoms with Crippen LogP contribution in [-0.4, -0.2) is 23.4 Å². The minimum absolute atomic E-state index is 0.219. The Labute approximate surface area is 60.5 Å². The summed E-state index contributed by atoms with van der Waals surface area (Å²) in [5.41, 5.74) is 0. The van der Waals surface area contributed by atoms with E-state index in [4.69, 9.17) is 0 Å². The van der Waals surface area contributed by atoms with Gasteiger partial charge >= 0.3 is 0 Å². The van der Waals surface area contributed by atoms with Crippen molar-refractivity contribution >= 4 is 5.91 Å². The highest BCUT2D eigenvalue weighted by Crippen LogP contribution is 2.30. The smallest absolute Gasteiger partial charge is 0.219 e. The summed E-state index contributed by atoms with van der Waals surface area (Å²) in [6.45, 7) is 2.60. The standard InChI is InChI=1S/C8H11NO/c1-6(10)9-5-7-2-3-8(9)4-7/h2-3,7-8H,4-5H2,1H3. The van der Waals surface area contributed by atoms with Crippen molar-refractivity contribution in [2.75, 3.05) is 6.54 Å². The highest BCUT2D eigenvalue weighted by Gasteiger charge is 2.34. The summed E-state index contributed by atoms with van der Waals surface area (Å²) in [5.74, 6) is 0.880. The van der Waals surface area contributed by atoms with Crippen molar-refractivity contribution in [2.45, 2.75) is 19.4 Å². The van der Waals surface area contributed by atoms with Gasteiger partial charge in [-0.15, -0.1) is 0 Å². The van der Waals surface area contributed by atoms with Crippen molar-refractivity contribution < 1.29 is 4.79 Å². The molecule has 0 aromatic rings. The summed E-state index contributed by atoms with van der Waals surface area (Å²) in [5, 5.41) is 0. The van der Waals surface area contributed by atoms with Crippen molar-refractivity contribution in [3.05, 3.63) is 12.2 Å². The van der Waals surface area contributed by atoms with Gasteiger partial charge in [0.15, 0.2) is 0 Å². The second-order valence-corrected chi connectivity index (χ2v) is 3.12. The molecule has 2 rings (SSSR count). The van der Waals surface area contributed by atoms with E-state index in [9.17, 15) is 4.79 Å². The lowest BCUT2D eigenvalue weighted by Gasteiger charge is -2.21. The number of amides is 1. The molecule has 1 amide bonds. The third-order valence-corrected chi connectivity index (χ3v) is 2.39. The van der Waals surface area contributed by atoms with E-state index in [1.807, 2.05) is 4.90 Å². The topological polar surface area (TPSA) is 20.3 Å². The number of hydrogen-bond acceptors (Lipinski definition) is 1. The molecule has 2 unspecified atom stereocenters. The fourth-order valence-corrected chi connectivity index (χ4v) is 1.87. The largest absolute Gasteiger partial charge is 0.336 e. The molecule has 2 heteroatoms. The molecule has 10 heavy (non-hydrogen) atoms. The van der Waals surface area contributed by atoms with Gasteiger partial charge in [-0.3, -0.25) is 4.79 Å². The molecule has 0 saturated carbocycles. The number of carbonyl (C=O) groups excluding carboxylic acids is 1. The van der Waals surface area contributed by atoms with Crippen molar-refractivity contribution in [1.82, 2.24) is 4.90 Å². The molecule has 1 heterocycles. The fraction of sp³-hybridized carbons (Fsp3) is 0.625. The number of rotatable bonds is 0. The first kappa shape index (κ1) is 5.96. The molecule has 0 radical (unpaired) electrons. The molecule has 0 spiro atoms. The van der Waals surface area contributed by atoms with E-state index in [2.05, 4.69) is 12.2 Å². The predicted molar refractivity (Wildman–Crippen MR) is 38.4 cm³/mol. The van der Waals surface area contributed by atoms with Crippen LogP contribution in [0.15, 0.2) is 12.2 Å². The molecule has 1 saturated heterocycles. The van der Waals surface area contributed by atoms with Crippen LogP contribution in [0.25, 0.3) is 0 Å². The Morgan fingerprint density at radius 2 is 2.40 bits per heavy atom. The summed E-state index contributed by atoms with van der Waals surface area (Å²) in [6.07, 6.45) is 5.54. The second-order valence-electron chi connectivity index (χ2n) is 3.12. The number of hydrogen-bond donors (Lipinski definition) is 0. The predicted octanol–water partition coefficient (Wildman–Crippen LogP) is 0.793. The zero-order valence-electron chi connectivity index (χ0n) is 6.08. The van der Waals surface area contributed by atoms with Gasteiger partial charge in [0.05, 0.1) is 6.04 Å². The summed E-state index contributed by atoms with van der Waals surface area (Å²) < 4.78 is 0. The number of fused-ring (bicyclic) bond motifs is 2. The number of likely N-dealkylation sites (tertiary alicyclic amines) is 1. The van der Waals surface area contributed by atoms with Gasteiger partial charge in [0.1, 0.15) is 0 Å². The summed E-state index contributed by atoms with van der Waals surface area (Å²) in [7, 11) is 0. The first-order valence-corrected chi connectivity index (χ1v) is 3.73. The van der Waals surface area contributed by atoms with Gasteiger partial charge in [-0.05, 0) is 12.3 Å². The van der Waals surface area contributed by atoms with E-state index in [0.29, 0.717) is 12.0 Å². The monoisotopic (exact) mass is 137 g/mol. The Morgan fingerprint density at radius 1 is 1.60 bits per heavy atom. The Hall–Kier alpha value is -0.790. The SMILES string of the molecule is CC(=O)N1CC2C=CC1C2. The van der Waals surface area contributed by atoms with Crippen LogP contribution in [0.5, 0.6) is 0 Å². The molecule has 54 valence electrons. The van der Waals surface area contributed by atoms with Gasteiger partial charge in [-0.2, -0.15) is 0 Å². The van der Waals surface area contributed by atoms with E-state index >= 15 is 0 Å². The van der Waals surface area contributed by atoms with Crippen LogP contribution < -0.4 is 0 Å². The quantitative estimate of drug-likeness (QED) is 0.452. The van der Waals surface area contributed by atoms with Crippen LogP contribution in [0.3, 0.4) is 0 Å². The zero-order valence-corrected chi connectivity index (χ0v) is 6.08. The molecule has 1 aliphatic heterocycles. The molecular formula is C8H11NO. The lowest BCUT2D eigenvalue weighted by molar-refractivity contribution is -0.129. The molecule has 2 nitrogen and oxygen atoms in total.